The van der Waals surface area contributed by atoms with Crippen LogP contribution in [0.3, 0.4) is 0 Å². The predicted octanol–water partition coefficient (Wildman–Crippen LogP) is 3.98. The van der Waals surface area contributed by atoms with Gasteiger partial charge >= 0.3 is 6.03 Å². The number of aromatic nitrogens is 2. The predicted molar refractivity (Wildman–Crippen MR) is 94.4 cm³/mol. The molecule has 5 nitrogen and oxygen atoms in total. The van der Waals surface area contributed by atoms with Crippen LogP contribution >= 0.6 is 0 Å². The zero-order chi connectivity index (χ0) is 17.0. The molecule has 2 aromatic rings. The van der Waals surface area contributed by atoms with E-state index in [1.54, 1.807) is 29.6 Å². The van der Waals surface area contributed by atoms with Crippen molar-refractivity contribution in [1.29, 1.82) is 0 Å². The van der Waals surface area contributed by atoms with Gasteiger partial charge in [-0.05, 0) is 18.9 Å². The van der Waals surface area contributed by atoms with E-state index >= 15 is 0 Å². The fourth-order valence-corrected chi connectivity index (χ4v) is 3.21. The standard InChI is InChI=1S/C19H23N4O/c1-3-8-18-17(13-16-9-6-5-7-10-16)21-15-23(18,4-2)19(24)22-12-11-20-14-22/h5-7,9-12,14-15H,3-4,8,13H2,1-2H3/q+1. The van der Waals surface area contributed by atoms with Crippen LogP contribution in [0.1, 0.15) is 32.3 Å². The molecule has 5 heteroatoms. The fourth-order valence-electron chi connectivity index (χ4n) is 3.21. The minimum Gasteiger partial charge on any atom is -0.245 e. The maximum Gasteiger partial charge on any atom is 0.439 e. The fraction of sp³-hybridized carbons (Fsp3) is 0.316. The molecule has 0 bridgehead atoms. The van der Waals surface area contributed by atoms with Gasteiger partial charge in [0.2, 0.25) is 6.34 Å². The molecule has 1 atom stereocenters. The molecule has 1 unspecified atom stereocenters. The molecule has 0 fully saturated rings. The summed E-state index contributed by atoms with van der Waals surface area (Å²) in [5, 5.41) is 0. The van der Waals surface area contributed by atoms with Crippen LogP contribution in [0.5, 0.6) is 0 Å². The number of allylic oxidation sites excluding steroid dienone is 2. The molecular formula is C19H23N4O+. The van der Waals surface area contributed by atoms with Crippen LogP contribution in [0.2, 0.25) is 0 Å². The molecule has 124 valence electrons. The average molecular weight is 323 g/mol. The Morgan fingerprint density at radius 2 is 2.00 bits per heavy atom. The number of quaternary nitrogens is 1. The third-order valence-corrected chi connectivity index (χ3v) is 4.49. The third kappa shape index (κ3) is 2.83. The van der Waals surface area contributed by atoms with Crippen LogP contribution in [0, 0.1) is 0 Å². The first-order valence-corrected chi connectivity index (χ1v) is 8.43. The van der Waals surface area contributed by atoms with Crippen LogP contribution in [0.15, 0.2) is 65.4 Å². The van der Waals surface area contributed by atoms with Crippen molar-refractivity contribution in [3.63, 3.8) is 0 Å². The summed E-state index contributed by atoms with van der Waals surface area (Å²) in [5.74, 6) is 0. The van der Waals surface area contributed by atoms with E-state index < -0.39 is 0 Å². The van der Waals surface area contributed by atoms with Gasteiger partial charge in [-0.2, -0.15) is 4.48 Å². The normalized spacial score (nSPS) is 19.9. The first kappa shape index (κ1) is 16.3. The monoisotopic (exact) mass is 323 g/mol. The Bertz CT molecular complexity index is 762. The summed E-state index contributed by atoms with van der Waals surface area (Å²) in [5.41, 5.74) is 3.32. The molecule has 1 aliphatic heterocycles. The second kappa shape index (κ2) is 6.93. The minimum atomic E-state index is -0.0229. The number of rotatable bonds is 5. The summed E-state index contributed by atoms with van der Waals surface area (Å²) < 4.78 is 1.71. The Morgan fingerprint density at radius 1 is 1.21 bits per heavy atom. The van der Waals surface area contributed by atoms with Crippen molar-refractivity contribution in [1.82, 2.24) is 9.55 Å². The lowest BCUT2D eigenvalue weighted by atomic mass is 10.1. The van der Waals surface area contributed by atoms with Crippen LogP contribution in [-0.4, -0.2) is 32.9 Å². The largest absolute Gasteiger partial charge is 0.439 e. The Balaban J connectivity index is 2.00. The van der Waals surface area contributed by atoms with Gasteiger partial charge < -0.3 is 0 Å². The maximum atomic E-state index is 13.1. The van der Waals surface area contributed by atoms with Crippen molar-refractivity contribution < 1.29 is 9.28 Å². The van der Waals surface area contributed by atoms with Gasteiger partial charge in [-0.3, -0.25) is 0 Å². The lowest BCUT2D eigenvalue weighted by molar-refractivity contribution is -0.706. The van der Waals surface area contributed by atoms with E-state index in [1.165, 1.54) is 5.56 Å². The van der Waals surface area contributed by atoms with Gasteiger partial charge in [-0.25, -0.2) is 19.3 Å². The van der Waals surface area contributed by atoms with Crippen LogP contribution in [0.25, 0.3) is 0 Å². The molecule has 1 aliphatic rings. The van der Waals surface area contributed by atoms with Crippen molar-refractivity contribution in [3.8, 4) is 0 Å². The van der Waals surface area contributed by atoms with E-state index in [2.05, 4.69) is 29.0 Å². The Morgan fingerprint density at radius 3 is 2.62 bits per heavy atom. The summed E-state index contributed by atoms with van der Waals surface area (Å²) in [6, 6.07) is 10.3. The molecule has 3 rings (SSSR count). The van der Waals surface area contributed by atoms with E-state index in [-0.39, 0.29) is 10.5 Å². The van der Waals surface area contributed by atoms with Crippen LogP contribution < -0.4 is 0 Å². The number of benzene rings is 1. The number of aliphatic imine (C=N–C) groups is 1. The van der Waals surface area contributed by atoms with E-state index in [4.69, 9.17) is 0 Å². The molecule has 0 saturated heterocycles. The molecule has 0 saturated carbocycles. The summed E-state index contributed by atoms with van der Waals surface area (Å²) >= 11 is 0. The SMILES string of the molecule is CCCC1=C(Cc2ccccc2)N=C[N+]1(CC)C(=O)n1ccnc1. The van der Waals surface area contributed by atoms with Gasteiger partial charge in [-0.15, -0.1) is 0 Å². The Labute approximate surface area is 142 Å². The number of carbonyl (C=O) groups excluding carboxylic acids is 1. The molecule has 1 aromatic carbocycles. The number of carbonyl (C=O) groups is 1. The molecule has 0 N–H and O–H groups in total. The topological polar surface area (TPSA) is 47.2 Å². The number of hydrogen-bond acceptors (Lipinski definition) is 3. The van der Waals surface area contributed by atoms with E-state index in [0.29, 0.717) is 6.54 Å². The number of imidazole rings is 1. The van der Waals surface area contributed by atoms with Crippen LogP contribution in [0.4, 0.5) is 4.79 Å². The summed E-state index contributed by atoms with van der Waals surface area (Å²) in [7, 11) is 0. The molecule has 1 aromatic heterocycles. The van der Waals surface area contributed by atoms with E-state index in [1.807, 2.05) is 25.1 Å². The van der Waals surface area contributed by atoms with Crippen molar-refractivity contribution in [2.45, 2.75) is 33.1 Å². The van der Waals surface area contributed by atoms with Gasteiger partial charge in [0.15, 0.2) is 0 Å². The van der Waals surface area contributed by atoms with E-state index in [0.717, 1.165) is 30.7 Å². The molecule has 2 heterocycles. The molecule has 24 heavy (non-hydrogen) atoms. The smallest absolute Gasteiger partial charge is 0.245 e. The van der Waals surface area contributed by atoms with Gasteiger partial charge in [0.25, 0.3) is 0 Å². The van der Waals surface area contributed by atoms with Crippen LogP contribution in [-0.2, 0) is 6.42 Å². The summed E-state index contributed by atoms with van der Waals surface area (Å²) in [6.07, 6.45) is 9.28. The second-order valence-electron chi connectivity index (χ2n) is 5.99. The van der Waals surface area contributed by atoms with Crippen molar-refractivity contribution in [2.24, 2.45) is 4.99 Å². The summed E-state index contributed by atoms with van der Waals surface area (Å²) in [4.78, 5) is 21.8. The quantitative estimate of drug-likeness (QED) is 0.781. The molecular weight excluding hydrogens is 300 g/mol. The maximum absolute atomic E-state index is 13.1. The third-order valence-electron chi connectivity index (χ3n) is 4.49. The van der Waals surface area contributed by atoms with Crippen molar-refractivity contribution in [3.05, 3.63) is 66.0 Å². The zero-order valence-corrected chi connectivity index (χ0v) is 14.2. The van der Waals surface area contributed by atoms with Gasteiger partial charge in [0.05, 0.1) is 6.54 Å². The Kier molecular flexibility index (Phi) is 4.71. The zero-order valence-electron chi connectivity index (χ0n) is 14.2. The highest BCUT2D eigenvalue weighted by atomic mass is 16.2. The van der Waals surface area contributed by atoms with Gasteiger partial charge in [-0.1, -0.05) is 37.3 Å². The lowest BCUT2D eigenvalue weighted by Gasteiger charge is -2.28. The summed E-state index contributed by atoms with van der Waals surface area (Å²) in [6.45, 7) is 4.81. The molecule has 0 aliphatic carbocycles. The Hall–Kier alpha value is -2.53. The lowest BCUT2D eigenvalue weighted by Crippen LogP contribution is -2.51. The molecule has 1 amide bonds. The molecule has 0 spiro atoms. The number of nitrogens with zero attached hydrogens (tertiary/aromatic N) is 4. The number of hydrogen-bond donors (Lipinski definition) is 0. The van der Waals surface area contributed by atoms with Gasteiger partial charge in [0, 0.05) is 25.2 Å². The van der Waals surface area contributed by atoms with Crippen molar-refractivity contribution in [2.75, 3.05) is 6.54 Å². The van der Waals surface area contributed by atoms with Gasteiger partial charge in [0.1, 0.15) is 17.7 Å². The number of amides is 1. The highest BCUT2D eigenvalue weighted by Gasteiger charge is 2.44. The average Bonchev–Trinajstić information content (AvgIpc) is 3.26. The molecule has 0 radical (unpaired) electrons. The first-order chi connectivity index (χ1) is 11.7. The highest BCUT2D eigenvalue weighted by molar-refractivity contribution is 5.81. The van der Waals surface area contributed by atoms with E-state index in [9.17, 15) is 4.79 Å². The van der Waals surface area contributed by atoms with Crippen molar-refractivity contribution >= 4 is 12.4 Å². The second-order valence-corrected chi connectivity index (χ2v) is 5.99. The highest BCUT2D eigenvalue weighted by Crippen LogP contribution is 2.32. The first-order valence-electron chi connectivity index (χ1n) is 8.43. The minimum absolute atomic E-state index is 0.0229.